The fourth-order valence-electron chi connectivity index (χ4n) is 0.998. The maximum atomic E-state index is 11.4. The molecule has 0 aliphatic carbocycles. The normalized spacial score (nSPS) is 16.0. The number of amides is 1. The monoisotopic (exact) mass is 230 g/mol. The molecule has 0 bridgehead atoms. The highest BCUT2D eigenvalue weighted by molar-refractivity contribution is 5.90. The van der Waals surface area contributed by atoms with Crippen molar-refractivity contribution in [3.63, 3.8) is 0 Å². The van der Waals surface area contributed by atoms with Crippen LogP contribution in [0.5, 0.6) is 0 Å². The first kappa shape index (κ1) is 14.6. The number of carboxylic acid groups (broad SMARTS) is 1. The number of nitrogens with two attached hydrogens (primary N) is 1. The lowest BCUT2D eigenvalue weighted by Crippen LogP contribution is -2.42. The van der Waals surface area contributed by atoms with Crippen molar-refractivity contribution in [2.45, 2.75) is 39.3 Å². The Morgan fingerprint density at radius 3 is 2.12 bits per heavy atom. The Morgan fingerprint density at radius 2 is 1.75 bits per heavy atom. The van der Waals surface area contributed by atoms with E-state index in [0.717, 1.165) is 0 Å². The third kappa shape index (κ3) is 4.88. The van der Waals surface area contributed by atoms with Gasteiger partial charge >= 0.3 is 5.97 Å². The fraction of sp³-hybridized carbons (Fsp3) is 0.700. The number of rotatable bonds is 6. The maximum absolute atomic E-state index is 11.4. The van der Waals surface area contributed by atoms with Gasteiger partial charge in [0.25, 0.3) is 0 Å². The van der Waals surface area contributed by atoms with Crippen molar-refractivity contribution in [3.05, 3.63) is 0 Å². The van der Waals surface area contributed by atoms with E-state index in [1.807, 2.05) is 0 Å². The topological polar surface area (TPSA) is 109 Å². The zero-order chi connectivity index (χ0) is 12.9. The summed E-state index contributed by atoms with van der Waals surface area (Å²) in [5, 5.41) is 10.9. The van der Waals surface area contributed by atoms with Gasteiger partial charge in [-0.3, -0.25) is 14.4 Å². The summed E-state index contributed by atoms with van der Waals surface area (Å²) < 4.78 is 0. The van der Waals surface area contributed by atoms with Gasteiger partial charge in [-0.2, -0.15) is 0 Å². The van der Waals surface area contributed by atoms with Gasteiger partial charge in [-0.25, -0.2) is 0 Å². The number of ketones is 1. The molecule has 0 heterocycles. The van der Waals surface area contributed by atoms with Crippen LogP contribution in [0.25, 0.3) is 0 Å². The van der Waals surface area contributed by atoms with Gasteiger partial charge in [0.1, 0.15) is 11.8 Å². The highest BCUT2D eigenvalue weighted by atomic mass is 16.4. The number of Topliss-reactive ketones (excluding diaryl/α,β-unsaturated/α-hetero) is 1. The van der Waals surface area contributed by atoms with E-state index in [2.05, 4.69) is 5.32 Å². The molecule has 4 N–H and O–H groups in total. The first-order valence-electron chi connectivity index (χ1n) is 5.07. The van der Waals surface area contributed by atoms with Crippen LogP contribution in [-0.2, 0) is 14.4 Å². The molecule has 0 radical (unpaired) electrons. The molecular formula is C10H18N2O4. The van der Waals surface area contributed by atoms with Crippen LogP contribution in [0.1, 0.15) is 27.2 Å². The first-order valence-corrected chi connectivity index (χ1v) is 5.07. The van der Waals surface area contributed by atoms with Crippen LogP contribution in [0, 0.1) is 5.92 Å². The molecule has 0 aliphatic rings. The molecule has 0 aromatic heterocycles. The zero-order valence-corrected chi connectivity index (χ0v) is 9.69. The molecule has 92 valence electrons. The summed E-state index contributed by atoms with van der Waals surface area (Å²) >= 11 is 0. The Bertz CT molecular complexity index is 289. The minimum Gasteiger partial charge on any atom is -0.480 e. The summed E-state index contributed by atoms with van der Waals surface area (Å²) in [6.07, 6.45) is 0.0236. The maximum Gasteiger partial charge on any atom is 0.325 e. The summed E-state index contributed by atoms with van der Waals surface area (Å²) in [7, 11) is 0. The van der Waals surface area contributed by atoms with Crippen LogP contribution < -0.4 is 11.1 Å². The molecule has 0 aromatic rings. The van der Waals surface area contributed by atoms with E-state index in [0.29, 0.717) is 0 Å². The van der Waals surface area contributed by atoms with E-state index < -0.39 is 29.9 Å². The van der Waals surface area contributed by atoms with Gasteiger partial charge in [-0.05, 0) is 13.8 Å². The number of carbonyl (C=O) groups is 3. The van der Waals surface area contributed by atoms with Crippen LogP contribution >= 0.6 is 0 Å². The smallest absolute Gasteiger partial charge is 0.325 e. The van der Waals surface area contributed by atoms with Crippen LogP contribution in [0.15, 0.2) is 0 Å². The van der Waals surface area contributed by atoms with Crippen molar-refractivity contribution in [3.8, 4) is 0 Å². The van der Waals surface area contributed by atoms with Gasteiger partial charge in [0, 0.05) is 12.3 Å². The number of hydrogen-bond donors (Lipinski definition) is 3. The number of carbonyl (C=O) groups excluding carboxylic acids is 2. The molecule has 0 spiro atoms. The predicted molar refractivity (Wildman–Crippen MR) is 57.7 cm³/mol. The molecule has 0 rings (SSSR count). The Balaban J connectivity index is 4.19. The molecule has 0 aromatic carbocycles. The standard InChI is InChI=1S/C10H18N2O4/c1-5(4-8(13)6(2)11)9(14)12-7(3)10(15)16/h5-7H,4,11H2,1-3H3,(H,12,14)(H,15,16)/t5-,6-,7-/m0/s1. The van der Waals surface area contributed by atoms with Crippen LogP contribution in [0.4, 0.5) is 0 Å². The molecule has 16 heavy (non-hydrogen) atoms. The quantitative estimate of drug-likeness (QED) is 0.571. The van der Waals surface area contributed by atoms with Crippen molar-refractivity contribution < 1.29 is 19.5 Å². The fourth-order valence-corrected chi connectivity index (χ4v) is 0.998. The lowest BCUT2D eigenvalue weighted by atomic mass is 10.0. The van der Waals surface area contributed by atoms with Crippen LogP contribution in [0.2, 0.25) is 0 Å². The molecule has 0 saturated heterocycles. The number of nitrogens with one attached hydrogen (secondary N) is 1. The zero-order valence-electron chi connectivity index (χ0n) is 9.69. The molecule has 3 atom stereocenters. The largest absolute Gasteiger partial charge is 0.480 e. The second-order valence-corrected chi connectivity index (χ2v) is 3.93. The van der Waals surface area contributed by atoms with Crippen LogP contribution in [-0.4, -0.2) is 34.8 Å². The van der Waals surface area contributed by atoms with E-state index in [-0.39, 0.29) is 12.2 Å². The molecule has 6 heteroatoms. The van der Waals surface area contributed by atoms with Crippen molar-refractivity contribution in [2.24, 2.45) is 11.7 Å². The number of aliphatic carboxylic acids is 1. The summed E-state index contributed by atoms with van der Waals surface area (Å²) in [6, 6.07) is -1.56. The Morgan fingerprint density at radius 1 is 1.25 bits per heavy atom. The van der Waals surface area contributed by atoms with Gasteiger partial charge in [-0.15, -0.1) is 0 Å². The van der Waals surface area contributed by atoms with Crippen molar-refractivity contribution in [2.75, 3.05) is 0 Å². The molecule has 0 aliphatic heterocycles. The van der Waals surface area contributed by atoms with E-state index in [4.69, 9.17) is 10.8 Å². The Kier molecular flexibility index (Phi) is 5.66. The van der Waals surface area contributed by atoms with E-state index in [1.165, 1.54) is 6.92 Å². The minimum absolute atomic E-state index is 0.0236. The third-order valence-corrected chi connectivity index (χ3v) is 2.19. The molecule has 0 fully saturated rings. The van der Waals surface area contributed by atoms with Gasteiger partial charge < -0.3 is 16.2 Å². The Labute approximate surface area is 94.2 Å². The first-order chi connectivity index (χ1) is 7.25. The van der Waals surface area contributed by atoms with Crippen molar-refractivity contribution in [1.29, 1.82) is 0 Å². The summed E-state index contributed by atoms with van der Waals surface area (Å²) in [6.45, 7) is 4.47. The van der Waals surface area contributed by atoms with Gasteiger partial charge in [0.15, 0.2) is 0 Å². The average Bonchev–Trinajstić information content (AvgIpc) is 2.16. The van der Waals surface area contributed by atoms with Gasteiger partial charge in [-0.1, -0.05) is 6.92 Å². The Hall–Kier alpha value is -1.43. The summed E-state index contributed by atoms with van der Waals surface area (Å²) in [5.74, 6) is -2.35. The molecule has 6 nitrogen and oxygen atoms in total. The van der Waals surface area contributed by atoms with Crippen molar-refractivity contribution >= 4 is 17.7 Å². The van der Waals surface area contributed by atoms with E-state index in [1.54, 1.807) is 13.8 Å². The second-order valence-electron chi connectivity index (χ2n) is 3.93. The molecule has 0 unspecified atom stereocenters. The van der Waals surface area contributed by atoms with Crippen LogP contribution in [0.3, 0.4) is 0 Å². The number of hydrogen-bond acceptors (Lipinski definition) is 4. The molecule has 1 amide bonds. The van der Waals surface area contributed by atoms with E-state index in [9.17, 15) is 14.4 Å². The highest BCUT2D eigenvalue weighted by Gasteiger charge is 2.22. The van der Waals surface area contributed by atoms with Gasteiger partial charge in [0.05, 0.1) is 6.04 Å². The summed E-state index contributed by atoms with van der Waals surface area (Å²) in [4.78, 5) is 33.2. The lowest BCUT2D eigenvalue weighted by Gasteiger charge is -2.14. The number of carboxylic acids is 1. The molecule has 0 saturated carbocycles. The summed E-state index contributed by atoms with van der Waals surface area (Å²) in [5.41, 5.74) is 5.36. The van der Waals surface area contributed by atoms with Crippen molar-refractivity contribution in [1.82, 2.24) is 5.32 Å². The second kappa shape index (κ2) is 6.22. The average molecular weight is 230 g/mol. The predicted octanol–water partition coefficient (Wildman–Crippen LogP) is -0.482. The minimum atomic E-state index is -1.11. The lowest BCUT2D eigenvalue weighted by molar-refractivity contribution is -0.142. The highest BCUT2D eigenvalue weighted by Crippen LogP contribution is 2.04. The van der Waals surface area contributed by atoms with Gasteiger partial charge in [0.2, 0.25) is 5.91 Å². The van der Waals surface area contributed by atoms with E-state index >= 15 is 0 Å². The SMILES string of the molecule is C[C@H](N)C(=O)C[C@H](C)C(=O)N[C@@H](C)C(=O)O. The third-order valence-electron chi connectivity index (χ3n) is 2.19. The molecular weight excluding hydrogens is 212 g/mol.